The van der Waals surface area contributed by atoms with Crippen LogP contribution >= 0.6 is 0 Å². The van der Waals surface area contributed by atoms with E-state index in [0.29, 0.717) is 18.6 Å². The van der Waals surface area contributed by atoms with Crippen LogP contribution in [0.5, 0.6) is 0 Å². The molecule has 0 bridgehead atoms. The number of hydrogen-bond donors (Lipinski definition) is 3. The molecule has 0 heterocycles. The molecule has 0 unspecified atom stereocenters. The molecule has 0 aliphatic heterocycles. The molecule has 0 radical (unpaired) electrons. The average molecular weight is 334 g/mol. The molecule has 4 nitrogen and oxygen atoms in total. The maximum Gasteiger partial charge on any atom is 0.488 e. The number of nitrogens with zero attached hydrogens (tertiary/aromatic N) is 1. The Morgan fingerprint density at radius 3 is 2.24 bits per heavy atom. The quantitative estimate of drug-likeness (QED) is 0.573. The highest BCUT2D eigenvalue weighted by atomic mass is 16.4. The zero-order valence-electron chi connectivity index (χ0n) is 14.2. The Labute approximate surface area is 148 Å². The molecule has 3 aromatic rings. The van der Waals surface area contributed by atoms with E-state index < -0.39 is 7.12 Å². The number of fused-ring (bicyclic) bond motifs is 1. The summed E-state index contributed by atoms with van der Waals surface area (Å²) in [6.45, 7) is 2.66. The summed E-state index contributed by atoms with van der Waals surface area (Å²) >= 11 is 0. The van der Waals surface area contributed by atoms with Gasteiger partial charge in [0.05, 0.1) is 0 Å². The van der Waals surface area contributed by atoms with Crippen molar-refractivity contribution < 1.29 is 10.0 Å². The first-order valence-corrected chi connectivity index (χ1v) is 8.52. The van der Waals surface area contributed by atoms with Gasteiger partial charge in [-0.2, -0.15) is 0 Å². The van der Waals surface area contributed by atoms with Crippen molar-refractivity contribution in [2.75, 3.05) is 13.1 Å². The molecule has 0 spiro atoms. The summed E-state index contributed by atoms with van der Waals surface area (Å²) in [6, 6.07) is 22.1. The van der Waals surface area contributed by atoms with E-state index in [0.717, 1.165) is 18.7 Å². The topological polar surface area (TPSA) is 69.7 Å². The van der Waals surface area contributed by atoms with Crippen LogP contribution in [0.25, 0.3) is 10.8 Å². The lowest BCUT2D eigenvalue weighted by Gasteiger charge is -2.24. The van der Waals surface area contributed by atoms with Gasteiger partial charge in [0.1, 0.15) is 0 Å². The van der Waals surface area contributed by atoms with Crippen molar-refractivity contribution in [3.63, 3.8) is 0 Å². The van der Waals surface area contributed by atoms with Gasteiger partial charge in [-0.25, -0.2) is 0 Å². The Balaban J connectivity index is 1.87. The van der Waals surface area contributed by atoms with Crippen LogP contribution in [0.3, 0.4) is 0 Å². The predicted molar refractivity (Wildman–Crippen MR) is 103 cm³/mol. The third-order valence-electron chi connectivity index (χ3n) is 4.45. The Morgan fingerprint density at radius 2 is 1.44 bits per heavy atom. The van der Waals surface area contributed by atoms with Gasteiger partial charge >= 0.3 is 7.12 Å². The maximum absolute atomic E-state index is 9.59. The van der Waals surface area contributed by atoms with Gasteiger partial charge in [0.15, 0.2) is 0 Å². The molecule has 0 aliphatic carbocycles. The minimum absolute atomic E-state index is 0.544. The van der Waals surface area contributed by atoms with E-state index >= 15 is 0 Å². The predicted octanol–water partition coefficient (Wildman–Crippen LogP) is 1.48. The minimum atomic E-state index is -1.46. The van der Waals surface area contributed by atoms with Crippen LogP contribution in [-0.4, -0.2) is 35.2 Å². The lowest BCUT2D eigenvalue weighted by molar-refractivity contribution is 0.265. The summed E-state index contributed by atoms with van der Waals surface area (Å²) in [5.74, 6) is 0. The molecule has 3 rings (SSSR count). The van der Waals surface area contributed by atoms with Crippen molar-refractivity contribution in [2.45, 2.75) is 13.1 Å². The van der Waals surface area contributed by atoms with Crippen LogP contribution in [0, 0.1) is 0 Å². The van der Waals surface area contributed by atoms with Crippen LogP contribution in [0.15, 0.2) is 66.7 Å². The second kappa shape index (κ2) is 8.27. The number of hydrogen-bond acceptors (Lipinski definition) is 4. The Morgan fingerprint density at radius 1 is 0.800 bits per heavy atom. The summed E-state index contributed by atoms with van der Waals surface area (Å²) in [4.78, 5) is 2.24. The first-order chi connectivity index (χ1) is 12.2. The normalized spacial score (nSPS) is 11.2. The van der Waals surface area contributed by atoms with E-state index in [2.05, 4.69) is 41.3 Å². The van der Waals surface area contributed by atoms with Crippen molar-refractivity contribution in [1.82, 2.24) is 4.90 Å². The molecule has 0 atom stereocenters. The third kappa shape index (κ3) is 4.27. The van der Waals surface area contributed by atoms with Crippen LogP contribution in [0.4, 0.5) is 0 Å². The van der Waals surface area contributed by atoms with Crippen molar-refractivity contribution in [3.8, 4) is 0 Å². The maximum atomic E-state index is 9.59. The summed E-state index contributed by atoms with van der Waals surface area (Å²) in [5, 5.41) is 21.6. The molecule has 0 aliphatic rings. The van der Waals surface area contributed by atoms with E-state index in [-0.39, 0.29) is 0 Å². The van der Waals surface area contributed by atoms with Crippen molar-refractivity contribution >= 4 is 23.4 Å². The minimum Gasteiger partial charge on any atom is -0.423 e. The highest BCUT2D eigenvalue weighted by molar-refractivity contribution is 6.59. The van der Waals surface area contributed by atoms with E-state index in [4.69, 9.17) is 5.73 Å². The van der Waals surface area contributed by atoms with Crippen molar-refractivity contribution in [3.05, 3.63) is 77.9 Å². The van der Waals surface area contributed by atoms with Gasteiger partial charge in [-0.05, 0) is 27.4 Å². The first kappa shape index (κ1) is 17.6. The smallest absolute Gasteiger partial charge is 0.423 e. The highest BCUT2D eigenvalue weighted by Crippen LogP contribution is 2.20. The molecule has 128 valence electrons. The lowest BCUT2D eigenvalue weighted by atomic mass is 9.77. The number of rotatable bonds is 7. The molecule has 5 heteroatoms. The monoisotopic (exact) mass is 334 g/mol. The molecule has 0 amide bonds. The molecular weight excluding hydrogens is 311 g/mol. The SMILES string of the molecule is NCCN(Cc1ccccc1B(O)O)Cc1cccc2ccccc12. The van der Waals surface area contributed by atoms with Crippen LogP contribution in [-0.2, 0) is 13.1 Å². The Hall–Kier alpha value is -2.18. The average Bonchev–Trinajstić information content (AvgIpc) is 2.62. The van der Waals surface area contributed by atoms with Crippen LogP contribution in [0.1, 0.15) is 11.1 Å². The highest BCUT2D eigenvalue weighted by Gasteiger charge is 2.17. The first-order valence-electron chi connectivity index (χ1n) is 8.52. The second-order valence-corrected chi connectivity index (χ2v) is 6.21. The van der Waals surface area contributed by atoms with Crippen LogP contribution in [0.2, 0.25) is 0 Å². The zero-order valence-corrected chi connectivity index (χ0v) is 14.2. The summed E-state index contributed by atoms with van der Waals surface area (Å²) in [6.07, 6.45) is 0. The van der Waals surface area contributed by atoms with Gasteiger partial charge in [0.25, 0.3) is 0 Å². The molecule has 0 fully saturated rings. The van der Waals surface area contributed by atoms with Gasteiger partial charge in [0, 0.05) is 26.2 Å². The molecule has 0 saturated heterocycles. The van der Waals surface area contributed by atoms with E-state index in [1.54, 1.807) is 6.07 Å². The second-order valence-electron chi connectivity index (χ2n) is 6.21. The van der Waals surface area contributed by atoms with E-state index in [9.17, 15) is 10.0 Å². The van der Waals surface area contributed by atoms with Gasteiger partial charge in [0.2, 0.25) is 0 Å². The van der Waals surface area contributed by atoms with Crippen molar-refractivity contribution in [2.24, 2.45) is 5.73 Å². The molecule has 0 aromatic heterocycles. The van der Waals surface area contributed by atoms with Gasteiger partial charge in [-0.3, -0.25) is 4.90 Å². The van der Waals surface area contributed by atoms with Crippen LogP contribution < -0.4 is 11.2 Å². The fourth-order valence-electron chi connectivity index (χ4n) is 3.24. The number of nitrogens with two attached hydrogens (primary N) is 1. The largest absolute Gasteiger partial charge is 0.488 e. The zero-order chi connectivity index (χ0) is 17.6. The van der Waals surface area contributed by atoms with Gasteiger partial charge < -0.3 is 15.8 Å². The van der Waals surface area contributed by atoms with Gasteiger partial charge in [-0.15, -0.1) is 0 Å². The third-order valence-corrected chi connectivity index (χ3v) is 4.45. The number of benzene rings is 3. The Kier molecular flexibility index (Phi) is 5.84. The molecule has 4 N–H and O–H groups in total. The standard InChI is InChI=1S/C20H23BN2O2/c22-12-13-23(15-18-7-2-4-11-20(18)21(24)25)14-17-9-5-8-16-6-1-3-10-19(16)17/h1-11,24-25H,12-15,22H2. The van der Waals surface area contributed by atoms with Gasteiger partial charge in [-0.1, -0.05) is 66.7 Å². The Bertz CT molecular complexity index is 833. The molecule has 3 aromatic carbocycles. The lowest BCUT2D eigenvalue weighted by Crippen LogP contribution is -2.36. The molecular formula is C20H23BN2O2. The fraction of sp³-hybridized carbons (Fsp3) is 0.200. The molecule has 25 heavy (non-hydrogen) atoms. The summed E-state index contributed by atoms with van der Waals surface area (Å²) in [5.41, 5.74) is 8.50. The van der Waals surface area contributed by atoms with E-state index in [1.165, 1.54) is 16.3 Å². The molecule has 0 saturated carbocycles. The fourth-order valence-corrected chi connectivity index (χ4v) is 3.24. The van der Waals surface area contributed by atoms with E-state index in [1.807, 2.05) is 24.3 Å². The van der Waals surface area contributed by atoms with Crippen molar-refractivity contribution in [1.29, 1.82) is 0 Å². The summed E-state index contributed by atoms with van der Waals surface area (Å²) < 4.78 is 0. The summed E-state index contributed by atoms with van der Waals surface area (Å²) in [7, 11) is -1.46.